The van der Waals surface area contributed by atoms with Crippen molar-refractivity contribution in [1.29, 1.82) is 0 Å². The molecule has 0 spiro atoms. The quantitative estimate of drug-likeness (QED) is 0.0853. The lowest BCUT2D eigenvalue weighted by molar-refractivity contribution is -0.185. The van der Waals surface area contributed by atoms with Crippen LogP contribution in [0.25, 0.3) is 0 Å². The first-order valence-corrected chi connectivity index (χ1v) is 17.6. The fourth-order valence-electron chi connectivity index (χ4n) is 5.45. The van der Waals surface area contributed by atoms with Crippen molar-refractivity contribution < 1.29 is 47.9 Å². The van der Waals surface area contributed by atoms with E-state index in [4.69, 9.17) is 28.4 Å². The van der Waals surface area contributed by atoms with Crippen molar-refractivity contribution >= 4 is 17.3 Å². The molecule has 0 heterocycles. The van der Waals surface area contributed by atoms with Gasteiger partial charge in [-0.25, -0.2) is 0 Å². The molecule has 0 aliphatic carbocycles. The van der Waals surface area contributed by atoms with Gasteiger partial charge in [0.15, 0.2) is 17.3 Å². The van der Waals surface area contributed by atoms with Gasteiger partial charge in [-0.2, -0.15) is 0 Å². The molecule has 0 amide bonds. The number of hydrogen-bond donors (Lipinski definition) is 1. The highest BCUT2D eigenvalue weighted by Gasteiger charge is 2.40. The standard InChI is InChI=1S/C40H70O10/c1-18-31(42)37(12,13)45-22-21-34(6,7)46-26-40(25-41,27-47-35(8,9)23-29(4)49-38(14,15)32(43)19-2)28-48-36(10,11)24-30(5)50-39(16,17)33(44)20-3/h18-20,29-30,41H,1-3,21-28H2,4-17H3. The third-order valence-electron chi connectivity index (χ3n) is 8.70. The first-order valence-electron chi connectivity index (χ1n) is 17.6. The van der Waals surface area contributed by atoms with Crippen LogP contribution in [0.5, 0.6) is 0 Å². The average molecular weight is 711 g/mol. The minimum Gasteiger partial charge on any atom is -0.396 e. The van der Waals surface area contributed by atoms with E-state index in [1.54, 1.807) is 41.5 Å². The third kappa shape index (κ3) is 17.0. The van der Waals surface area contributed by atoms with Gasteiger partial charge in [0.05, 0.1) is 67.5 Å². The maximum atomic E-state index is 12.3. The van der Waals surface area contributed by atoms with Gasteiger partial charge >= 0.3 is 0 Å². The Labute approximate surface area is 303 Å². The number of ketones is 3. The number of hydrogen-bond acceptors (Lipinski definition) is 10. The smallest absolute Gasteiger partial charge is 0.186 e. The number of carbonyl (C=O) groups is 3. The summed E-state index contributed by atoms with van der Waals surface area (Å²) in [5.74, 6) is -0.626. The van der Waals surface area contributed by atoms with Crippen molar-refractivity contribution in [3.05, 3.63) is 38.0 Å². The molecule has 0 fully saturated rings. The highest BCUT2D eigenvalue weighted by atomic mass is 16.5. The van der Waals surface area contributed by atoms with Crippen LogP contribution in [0.4, 0.5) is 0 Å². The Kier molecular flexibility index (Phi) is 18.4. The normalized spacial score (nSPS) is 15.9. The zero-order valence-electron chi connectivity index (χ0n) is 33.8. The molecule has 1 N–H and O–H groups in total. The summed E-state index contributed by atoms with van der Waals surface area (Å²) in [7, 11) is 0. The van der Waals surface area contributed by atoms with E-state index >= 15 is 0 Å². The Morgan fingerprint density at radius 3 is 1.20 bits per heavy atom. The first-order chi connectivity index (χ1) is 22.5. The summed E-state index contributed by atoms with van der Waals surface area (Å²) in [4.78, 5) is 36.7. The topological polar surface area (TPSA) is 127 Å². The van der Waals surface area contributed by atoms with E-state index in [0.29, 0.717) is 19.3 Å². The van der Waals surface area contributed by atoms with Crippen LogP contribution in [0.3, 0.4) is 0 Å². The van der Waals surface area contributed by atoms with E-state index in [9.17, 15) is 19.5 Å². The van der Waals surface area contributed by atoms with Gasteiger partial charge in [-0.3, -0.25) is 14.4 Å². The monoisotopic (exact) mass is 710 g/mol. The van der Waals surface area contributed by atoms with Crippen LogP contribution < -0.4 is 0 Å². The predicted molar refractivity (Wildman–Crippen MR) is 198 cm³/mol. The van der Waals surface area contributed by atoms with Crippen LogP contribution in [0, 0.1) is 5.41 Å². The van der Waals surface area contributed by atoms with Gasteiger partial charge in [0, 0.05) is 12.8 Å². The molecule has 10 nitrogen and oxygen atoms in total. The van der Waals surface area contributed by atoms with Gasteiger partial charge < -0.3 is 33.5 Å². The van der Waals surface area contributed by atoms with E-state index < -0.39 is 39.0 Å². The molecule has 0 rings (SSSR count). The van der Waals surface area contributed by atoms with Gasteiger partial charge in [0.1, 0.15) is 16.8 Å². The fourth-order valence-corrected chi connectivity index (χ4v) is 5.45. The molecule has 0 radical (unpaired) electrons. The van der Waals surface area contributed by atoms with Crippen LogP contribution in [-0.2, 0) is 42.8 Å². The summed E-state index contributed by atoms with van der Waals surface area (Å²) >= 11 is 0. The lowest BCUT2D eigenvalue weighted by Gasteiger charge is -2.41. The highest BCUT2D eigenvalue weighted by molar-refractivity contribution is 5.96. The Hall–Kier alpha value is -2.05. The molecule has 0 saturated heterocycles. The van der Waals surface area contributed by atoms with Crippen LogP contribution in [-0.4, -0.2) is 101 Å². The Morgan fingerprint density at radius 2 is 0.880 bits per heavy atom. The zero-order valence-corrected chi connectivity index (χ0v) is 33.8. The summed E-state index contributed by atoms with van der Waals surface area (Å²) in [6.07, 6.45) is 4.52. The highest BCUT2D eigenvalue weighted by Crippen LogP contribution is 2.32. The van der Waals surface area contributed by atoms with Crippen molar-refractivity contribution in [2.45, 2.75) is 162 Å². The molecular formula is C40H70O10. The zero-order chi connectivity index (χ0) is 39.4. The Bertz CT molecular complexity index is 1090. The molecule has 50 heavy (non-hydrogen) atoms. The largest absolute Gasteiger partial charge is 0.396 e. The number of rotatable bonds is 28. The minimum atomic E-state index is -1.03. The van der Waals surface area contributed by atoms with Crippen molar-refractivity contribution in [2.75, 3.05) is 33.0 Å². The van der Waals surface area contributed by atoms with E-state index in [0.717, 1.165) is 0 Å². The second kappa shape index (κ2) is 19.1. The van der Waals surface area contributed by atoms with Crippen LogP contribution in [0.1, 0.15) is 116 Å². The molecule has 0 aromatic heterocycles. The van der Waals surface area contributed by atoms with Crippen LogP contribution >= 0.6 is 0 Å². The van der Waals surface area contributed by atoms with Gasteiger partial charge in [0.2, 0.25) is 0 Å². The number of carbonyl (C=O) groups excluding carboxylic acids is 3. The summed E-state index contributed by atoms with van der Waals surface area (Å²) in [5.41, 5.74) is -6.14. The maximum Gasteiger partial charge on any atom is 0.186 e. The van der Waals surface area contributed by atoms with Gasteiger partial charge in [-0.05, 0) is 122 Å². The lowest BCUT2D eigenvalue weighted by atomic mass is 9.90. The van der Waals surface area contributed by atoms with E-state index in [1.807, 2.05) is 55.4 Å². The van der Waals surface area contributed by atoms with Gasteiger partial charge in [0.25, 0.3) is 0 Å². The van der Waals surface area contributed by atoms with Crippen molar-refractivity contribution in [3.8, 4) is 0 Å². The van der Waals surface area contributed by atoms with Gasteiger partial charge in [-0.1, -0.05) is 19.7 Å². The summed E-state index contributed by atoms with van der Waals surface area (Å²) in [6.45, 7) is 36.6. The summed E-state index contributed by atoms with van der Waals surface area (Å²) < 4.78 is 37.4. The van der Waals surface area contributed by atoms with Crippen LogP contribution in [0.15, 0.2) is 38.0 Å². The van der Waals surface area contributed by atoms with Crippen LogP contribution in [0.2, 0.25) is 0 Å². The number of aliphatic hydroxyl groups is 1. The van der Waals surface area contributed by atoms with E-state index in [1.165, 1.54) is 18.2 Å². The molecule has 0 aromatic rings. The summed E-state index contributed by atoms with van der Waals surface area (Å²) in [6, 6.07) is 0. The number of aliphatic hydroxyl groups excluding tert-OH is 1. The molecule has 2 unspecified atom stereocenters. The van der Waals surface area contributed by atoms with Crippen molar-refractivity contribution in [3.63, 3.8) is 0 Å². The second-order valence-corrected chi connectivity index (χ2v) is 16.9. The molecule has 0 saturated carbocycles. The van der Waals surface area contributed by atoms with Crippen molar-refractivity contribution in [1.82, 2.24) is 0 Å². The maximum absolute atomic E-state index is 12.3. The average Bonchev–Trinajstić information content (AvgIpc) is 2.98. The lowest BCUT2D eigenvalue weighted by Crippen LogP contribution is -2.48. The molecule has 290 valence electrons. The van der Waals surface area contributed by atoms with E-state index in [2.05, 4.69) is 19.7 Å². The minimum absolute atomic E-state index is 0.0919. The van der Waals surface area contributed by atoms with E-state index in [-0.39, 0.29) is 62.6 Å². The molecule has 0 aromatic carbocycles. The fraction of sp³-hybridized carbons (Fsp3) is 0.775. The molecule has 0 aliphatic heterocycles. The predicted octanol–water partition coefficient (Wildman–Crippen LogP) is 6.95. The third-order valence-corrected chi connectivity index (χ3v) is 8.70. The van der Waals surface area contributed by atoms with Gasteiger partial charge in [-0.15, -0.1) is 0 Å². The Balaban J connectivity index is 6.01. The first kappa shape index (κ1) is 48.0. The van der Waals surface area contributed by atoms with Crippen molar-refractivity contribution in [2.24, 2.45) is 5.41 Å². The molecule has 0 bridgehead atoms. The molecule has 0 aliphatic rings. The SMILES string of the molecule is C=CC(=O)C(C)(C)OCCC(C)(C)OCC(CO)(COC(C)(C)CC(C)OC(C)(C)C(=O)C=C)COC(C)(C)CC(C)OC(C)(C)C(=O)C=C. The summed E-state index contributed by atoms with van der Waals surface area (Å²) in [5, 5.41) is 10.9. The Morgan fingerprint density at radius 1 is 0.560 bits per heavy atom. The molecular weight excluding hydrogens is 640 g/mol. The second-order valence-electron chi connectivity index (χ2n) is 16.9. The number of ether oxygens (including phenoxy) is 6. The molecule has 2 atom stereocenters. The molecule has 10 heteroatoms.